The summed E-state index contributed by atoms with van der Waals surface area (Å²) in [5.41, 5.74) is 4.56. The van der Waals surface area contributed by atoms with E-state index in [-0.39, 0.29) is 37.3 Å². The van der Waals surface area contributed by atoms with Crippen LogP contribution in [0.1, 0.15) is 37.3 Å². The van der Waals surface area contributed by atoms with E-state index in [0.29, 0.717) is 13.1 Å². The minimum atomic E-state index is -1.07. The number of carboxylic acids is 1. The number of fused-ring (bicyclic) bond motifs is 3. The van der Waals surface area contributed by atoms with E-state index in [1.54, 1.807) is 0 Å². The normalized spacial score (nSPS) is 13.3. The molecule has 188 valence electrons. The number of hydrogen-bond donors (Lipinski definition) is 2. The first-order chi connectivity index (χ1) is 16.7. The molecule has 0 fully saturated rings. The summed E-state index contributed by atoms with van der Waals surface area (Å²) in [5.74, 6) is -1.47. The molecule has 2 aromatic rings. The Morgan fingerprint density at radius 3 is 2.06 bits per heavy atom. The molecule has 0 radical (unpaired) electrons. The average Bonchev–Trinajstić information content (AvgIpc) is 3.13. The molecule has 0 aromatic heterocycles. The van der Waals surface area contributed by atoms with Gasteiger partial charge in [-0.1, -0.05) is 62.4 Å². The summed E-state index contributed by atoms with van der Waals surface area (Å²) >= 11 is 0. The number of carbonyl (C=O) groups is 3. The minimum Gasteiger partial charge on any atom is -0.480 e. The first-order valence-corrected chi connectivity index (χ1v) is 11.9. The van der Waals surface area contributed by atoms with Crippen molar-refractivity contribution in [2.45, 2.75) is 32.2 Å². The Balaban J connectivity index is 1.62. The molecule has 8 heteroatoms. The van der Waals surface area contributed by atoms with Gasteiger partial charge in [-0.2, -0.15) is 0 Å². The number of carbonyl (C=O) groups excluding carboxylic acids is 2. The summed E-state index contributed by atoms with van der Waals surface area (Å²) in [7, 11) is 3.72. The van der Waals surface area contributed by atoms with Crippen LogP contribution in [0.5, 0.6) is 0 Å². The van der Waals surface area contributed by atoms with E-state index in [4.69, 9.17) is 4.74 Å². The highest BCUT2D eigenvalue weighted by atomic mass is 16.5. The van der Waals surface area contributed by atoms with Gasteiger partial charge in [0.25, 0.3) is 0 Å². The van der Waals surface area contributed by atoms with Crippen molar-refractivity contribution >= 4 is 18.0 Å². The lowest BCUT2D eigenvalue weighted by Crippen LogP contribution is -2.46. The smallest absolute Gasteiger partial charge is 0.407 e. The molecule has 0 aliphatic heterocycles. The van der Waals surface area contributed by atoms with Gasteiger partial charge in [-0.25, -0.2) is 4.79 Å². The second-order valence-electron chi connectivity index (χ2n) is 9.54. The molecule has 3 rings (SSSR count). The van der Waals surface area contributed by atoms with Crippen LogP contribution in [0.15, 0.2) is 48.5 Å². The number of amides is 2. The van der Waals surface area contributed by atoms with Crippen molar-refractivity contribution in [2.75, 3.05) is 40.3 Å². The minimum absolute atomic E-state index is 0.00255. The number of carboxylic acid groups (broad SMARTS) is 1. The van der Waals surface area contributed by atoms with Gasteiger partial charge in [0.1, 0.15) is 13.2 Å². The summed E-state index contributed by atoms with van der Waals surface area (Å²) in [5, 5.41) is 12.0. The lowest BCUT2D eigenvalue weighted by molar-refractivity contribution is -0.144. The van der Waals surface area contributed by atoms with Crippen molar-refractivity contribution in [1.29, 1.82) is 0 Å². The molecule has 0 unspecified atom stereocenters. The van der Waals surface area contributed by atoms with Gasteiger partial charge < -0.3 is 25.0 Å². The van der Waals surface area contributed by atoms with Gasteiger partial charge in [0, 0.05) is 31.5 Å². The first-order valence-electron chi connectivity index (χ1n) is 11.9. The van der Waals surface area contributed by atoms with Crippen molar-refractivity contribution in [3.63, 3.8) is 0 Å². The predicted octanol–water partition coefficient (Wildman–Crippen LogP) is 3.41. The van der Waals surface area contributed by atoms with E-state index < -0.39 is 18.1 Å². The molecule has 2 amide bonds. The number of ether oxygens (including phenoxy) is 1. The third-order valence-corrected chi connectivity index (χ3v) is 6.34. The average molecular weight is 482 g/mol. The third kappa shape index (κ3) is 6.82. The molecule has 2 N–H and O–H groups in total. The van der Waals surface area contributed by atoms with Crippen molar-refractivity contribution in [1.82, 2.24) is 15.1 Å². The molecule has 0 heterocycles. The van der Waals surface area contributed by atoms with Gasteiger partial charge in [-0.3, -0.25) is 9.59 Å². The number of aliphatic carboxylic acids is 1. The highest BCUT2D eigenvalue weighted by Gasteiger charge is 2.30. The molecule has 0 spiro atoms. The van der Waals surface area contributed by atoms with Crippen molar-refractivity contribution in [3.05, 3.63) is 59.7 Å². The van der Waals surface area contributed by atoms with Crippen LogP contribution in [0.25, 0.3) is 11.1 Å². The number of nitrogens with one attached hydrogen (secondary N) is 1. The van der Waals surface area contributed by atoms with E-state index in [1.807, 2.05) is 57.1 Å². The molecule has 1 atom stereocenters. The number of rotatable bonds is 11. The number of hydrogen-bond acceptors (Lipinski definition) is 5. The Morgan fingerprint density at radius 2 is 1.54 bits per heavy atom. The van der Waals surface area contributed by atoms with Gasteiger partial charge >= 0.3 is 12.1 Å². The van der Waals surface area contributed by atoms with Crippen LogP contribution in [0.2, 0.25) is 0 Å². The highest BCUT2D eigenvalue weighted by molar-refractivity contribution is 5.82. The SMILES string of the molecule is CC(C)[C@H](CC(=O)N(CCN(C)C)CC(=O)O)NC(=O)OCC1c2ccccc2-c2ccccc21. The molecule has 0 saturated carbocycles. The fraction of sp³-hybridized carbons (Fsp3) is 0.444. The lowest BCUT2D eigenvalue weighted by Gasteiger charge is -2.27. The van der Waals surface area contributed by atoms with E-state index in [9.17, 15) is 19.5 Å². The summed E-state index contributed by atoms with van der Waals surface area (Å²) in [4.78, 5) is 40.1. The van der Waals surface area contributed by atoms with E-state index in [2.05, 4.69) is 29.6 Å². The van der Waals surface area contributed by atoms with Crippen LogP contribution in [0.3, 0.4) is 0 Å². The standard InChI is InChI=1S/C27H35N3O5/c1-18(2)24(15-25(31)30(16-26(32)33)14-13-29(3)4)28-27(34)35-17-23-21-11-7-5-9-19(21)20-10-6-8-12-22(20)23/h5-12,18,23-24H,13-17H2,1-4H3,(H,28,34)(H,32,33)/t24-/m0/s1. The number of nitrogens with zero attached hydrogens (tertiary/aromatic N) is 2. The molecule has 8 nitrogen and oxygen atoms in total. The predicted molar refractivity (Wildman–Crippen MR) is 134 cm³/mol. The second-order valence-corrected chi connectivity index (χ2v) is 9.54. The fourth-order valence-electron chi connectivity index (χ4n) is 4.34. The third-order valence-electron chi connectivity index (χ3n) is 6.34. The Kier molecular flexibility index (Phi) is 8.87. The van der Waals surface area contributed by atoms with Gasteiger partial charge in [0.2, 0.25) is 5.91 Å². The van der Waals surface area contributed by atoms with Gasteiger partial charge in [0.05, 0.1) is 0 Å². The largest absolute Gasteiger partial charge is 0.480 e. The molecule has 35 heavy (non-hydrogen) atoms. The summed E-state index contributed by atoms with van der Waals surface area (Å²) < 4.78 is 5.63. The van der Waals surface area contributed by atoms with Crippen molar-refractivity contribution < 1.29 is 24.2 Å². The zero-order valence-corrected chi connectivity index (χ0v) is 20.9. The summed E-state index contributed by atoms with van der Waals surface area (Å²) in [6.07, 6.45) is -0.584. The number of benzene rings is 2. The maximum absolute atomic E-state index is 12.9. The quantitative estimate of drug-likeness (QED) is 0.510. The molecular weight excluding hydrogens is 446 g/mol. The second kappa shape index (κ2) is 11.8. The number of alkyl carbamates (subject to hydrolysis) is 1. The zero-order chi connectivity index (χ0) is 25.5. The van der Waals surface area contributed by atoms with Crippen LogP contribution >= 0.6 is 0 Å². The maximum Gasteiger partial charge on any atom is 0.407 e. The molecular formula is C27H35N3O5. The Hall–Kier alpha value is -3.39. The van der Waals surface area contributed by atoms with Crippen molar-refractivity contribution in [2.24, 2.45) is 5.92 Å². The van der Waals surface area contributed by atoms with Gasteiger partial charge in [-0.05, 0) is 42.3 Å². The fourth-order valence-corrected chi connectivity index (χ4v) is 4.34. The summed E-state index contributed by atoms with van der Waals surface area (Å²) in [6, 6.07) is 15.8. The monoisotopic (exact) mass is 481 g/mol. The number of likely N-dealkylation sites (N-methyl/N-ethyl adjacent to an activating group) is 1. The topological polar surface area (TPSA) is 99.2 Å². The molecule has 0 bridgehead atoms. The first kappa shape index (κ1) is 26.2. The van der Waals surface area contributed by atoms with Gasteiger partial charge in [0.15, 0.2) is 0 Å². The van der Waals surface area contributed by atoms with Crippen LogP contribution < -0.4 is 5.32 Å². The van der Waals surface area contributed by atoms with Crippen molar-refractivity contribution in [3.8, 4) is 11.1 Å². The van der Waals surface area contributed by atoms with Crippen LogP contribution in [-0.4, -0.2) is 79.3 Å². The van der Waals surface area contributed by atoms with Gasteiger partial charge in [-0.15, -0.1) is 0 Å². The van der Waals surface area contributed by atoms with Crippen LogP contribution in [-0.2, 0) is 14.3 Å². The lowest BCUT2D eigenvalue weighted by atomic mass is 9.98. The van der Waals surface area contributed by atoms with E-state index in [0.717, 1.165) is 22.3 Å². The van der Waals surface area contributed by atoms with Crippen LogP contribution in [0, 0.1) is 5.92 Å². The van der Waals surface area contributed by atoms with E-state index in [1.165, 1.54) is 4.90 Å². The Morgan fingerprint density at radius 1 is 0.971 bits per heavy atom. The Labute approximate surface area is 206 Å². The Bertz CT molecular complexity index is 1010. The molecule has 1 aliphatic carbocycles. The summed E-state index contributed by atoms with van der Waals surface area (Å²) in [6.45, 7) is 4.47. The van der Waals surface area contributed by atoms with E-state index >= 15 is 0 Å². The maximum atomic E-state index is 12.9. The molecule has 2 aromatic carbocycles. The van der Waals surface area contributed by atoms with Crippen LogP contribution in [0.4, 0.5) is 4.79 Å². The molecule has 0 saturated heterocycles. The zero-order valence-electron chi connectivity index (χ0n) is 20.9. The highest BCUT2D eigenvalue weighted by Crippen LogP contribution is 2.44. The molecule has 1 aliphatic rings.